The quantitative estimate of drug-likeness (QED) is 0.322. The fraction of sp³-hybridized carbons (Fsp3) is 0.333. The molecule has 0 saturated carbocycles. The maximum atomic E-state index is 14.7. The van der Waals surface area contributed by atoms with Crippen LogP contribution in [0.5, 0.6) is 0 Å². The minimum Gasteiger partial charge on any atom is -0.434 e. The summed E-state index contributed by atoms with van der Waals surface area (Å²) < 4.78 is 34.2. The molecule has 0 aliphatic carbocycles. The molecule has 0 aromatic heterocycles. The van der Waals surface area contributed by atoms with Crippen LogP contribution in [0.4, 0.5) is 19.3 Å². The predicted octanol–water partition coefficient (Wildman–Crippen LogP) is -0.300. The SMILES string of the molecule is NC(=O)[C@H]1CN(c2cc(F)c(C3=CCN(C(=O)C(=O)C[P+](O)(O)O)CC3)c(F)c2)C(=O)O1. The molecule has 0 spiro atoms. The van der Waals surface area contributed by atoms with Gasteiger partial charge in [-0.15, -0.1) is 0 Å². The Labute approximate surface area is 180 Å². The van der Waals surface area contributed by atoms with Crippen LogP contribution >= 0.6 is 7.94 Å². The maximum absolute atomic E-state index is 14.7. The monoisotopic (exact) mass is 474 g/mol. The second-order valence-corrected chi connectivity index (χ2v) is 8.88. The van der Waals surface area contributed by atoms with E-state index in [1.807, 2.05) is 0 Å². The zero-order chi connectivity index (χ0) is 23.8. The summed E-state index contributed by atoms with van der Waals surface area (Å²) in [6, 6.07) is 1.80. The summed E-state index contributed by atoms with van der Waals surface area (Å²) in [5, 5.41) is 0. The highest BCUT2D eigenvalue weighted by Crippen LogP contribution is 2.44. The zero-order valence-electron chi connectivity index (χ0n) is 16.4. The second kappa shape index (κ2) is 8.87. The van der Waals surface area contributed by atoms with E-state index in [9.17, 15) is 28.0 Å². The Morgan fingerprint density at radius 3 is 2.28 bits per heavy atom. The van der Waals surface area contributed by atoms with Gasteiger partial charge in [-0.25, -0.2) is 13.6 Å². The lowest BCUT2D eigenvalue weighted by atomic mass is 9.97. The molecule has 32 heavy (non-hydrogen) atoms. The van der Waals surface area contributed by atoms with Crippen LogP contribution < -0.4 is 10.6 Å². The highest BCUT2D eigenvalue weighted by atomic mass is 31.2. The number of carbonyl (C=O) groups excluding carboxylic acids is 4. The predicted molar refractivity (Wildman–Crippen MR) is 106 cm³/mol. The molecule has 0 bridgehead atoms. The van der Waals surface area contributed by atoms with Gasteiger partial charge in [-0.05, 0) is 24.1 Å². The van der Waals surface area contributed by atoms with Crippen LogP contribution in [0.25, 0.3) is 5.57 Å². The van der Waals surface area contributed by atoms with Gasteiger partial charge in [0.05, 0.1) is 12.2 Å². The average Bonchev–Trinajstić information content (AvgIpc) is 3.08. The van der Waals surface area contributed by atoms with E-state index >= 15 is 0 Å². The Balaban J connectivity index is 1.76. The van der Waals surface area contributed by atoms with Crippen molar-refractivity contribution in [3.63, 3.8) is 0 Å². The number of ether oxygens (including phenoxy) is 1. The Bertz CT molecular complexity index is 1000. The number of cyclic esters (lactones) is 1. The molecule has 1 atom stereocenters. The van der Waals surface area contributed by atoms with Crippen molar-refractivity contribution in [2.75, 3.05) is 30.7 Å². The molecule has 1 aromatic rings. The zero-order valence-corrected chi connectivity index (χ0v) is 17.3. The lowest BCUT2D eigenvalue weighted by molar-refractivity contribution is -0.143. The number of halogens is 2. The fourth-order valence-corrected chi connectivity index (χ4v) is 3.88. The number of nitrogens with two attached hydrogens (primary N) is 1. The highest BCUT2D eigenvalue weighted by molar-refractivity contribution is 7.59. The van der Waals surface area contributed by atoms with Crippen molar-refractivity contribution in [3.05, 3.63) is 35.4 Å². The number of hydrogen-bond acceptors (Lipinski definition) is 8. The summed E-state index contributed by atoms with van der Waals surface area (Å²) in [5.74, 6) is -5.14. The first-order valence-corrected chi connectivity index (χ1v) is 11.0. The number of carbonyl (C=O) groups is 4. The summed E-state index contributed by atoms with van der Waals surface area (Å²) in [7, 11) is -4.45. The summed E-state index contributed by atoms with van der Waals surface area (Å²) in [5.41, 5.74) is 4.75. The third-order valence-electron chi connectivity index (χ3n) is 4.88. The van der Waals surface area contributed by atoms with E-state index in [0.29, 0.717) is 0 Å². The van der Waals surface area contributed by atoms with Crippen molar-refractivity contribution >= 4 is 42.9 Å². The van der Waals surface area contributed by atoms with Gasteiger partial charge in [-0.2, -0.15) is 14.7 Å². The molecule has 0 radical (unpaired) electrons. The van der Waals surface area contributed by atoms with Crippen molar-refractivity contribution in [3.8, 4) is 0 Å². The van der Waals surface area contributed by atoms with Gasteiger partial charge >= 0.3 is 14.0 Å². The van der Waals surface area contributed by atoms with E-state index in [1.54, 1.807) is 0 Å². The van der Waals surface area contributed by atoms with Gasteiger partial charge in [0.15, 0.2) is 6.10 Å². The van der Waals surface area contributed by atoms with Crippen molar-refractivity contribution < 1.29 is 47.4 Å². The third-order valence-corrected chi connectivity index (χ3v) is 5.59. The van der Waals surface area contributed by atoms with Crippen molar-refractivity contribution in [1.29, 1.82) is 0 Å². The largest absolute Gasteiger partial charge is 0.434 e. The summed E-state index contributed by atoms with van der Waals surface area (Å²) in [6.45, 7) is -0.546. The van der Waals surface area contributed by atoms with Crippen LogP contribution in [-0.4, -0.2) is 75.2 Å². The minimum absolute atomic E-state index is 0.0145. The van der Waals surface area contributed by atoms with E-state index in [1.165, 1.54) is 6.08 Å². The van der Waals surface area contributed by atoms with Crippen LogP contribution in [0.3, 0.4) is 0 Å². The summed E-state index contributed by atoms with van der Waals surface area (Å²) in [4.78, 5) is 75.5. The molecule has 11 nitrogen and oxygen atoms in total. The fourth-order valence-electron chi connectivity index (χ4n) is 3.36. The molecule has 3 amide bonds. The Hall–Kier alpha value is -2.99. The summed E-state index contributed by atoms with van der Waals surface area (Å²) in [6.07, 6.45) is -2.01. The molecule has 3 rings (SSSR count). The topological polar surface area (TPSA) is 171 Å². The van der Waals surface area contributed by atoms with Crippen LogP contribution in [0.15, 0.2) is 18.2 Å². The normalized spacial score (nSPS) is 19.0. The van der Waals surface area contributed by atoms with Gasteiger partial charge in [0, 0.05) is 18.7 Å². The molecule has 2 heterocycles. The van der Waals surface area contributed by atoms with Gasteiger partial charge in [0.25, 0.3) is 17.6 Å². The molecular formula is C18H19F2N3O8P+. The van der Waals surface area contributed by atoms with E-state index < -0.39 is 55.5 Å². The molecule has 0 unspecified atom stereocenters. The number of primary amides is 1. The number of nitrogens with zero attached hydrogens (tertiary/aromatic N) is 2. The van der Waals surface area contributed by atoms with Crippen LogP contribution in [0.2, 0.25) is 0 Å². The van der Waals surface area contributed by atoms with Crippen molar-refractivity contribution in [1.82, 2.24) is 4.90 Å². The van der Waals surface area contributed by atoms with Crippen LogP contribution in [-0.2, 0) is 19.1 Å². The van der Waals surface area contributed by atoms with Gasteiger partial charge in [0.1, 0.15) is 11.6 Å². The van der Waals surface area contributed by atoms with E-state index in [0.717, 1.165) is 21.9 Å². The lowest BCUT2D eigenvalue weighted by Crippen LogP contribution is -2.40. The molecule has 1 saturated heterocycles. The second-order valence-electron chi connectivity index (χ2n) is 7.17. The number of amides is 3. The number of benzene rings is 1. The van der Waals surface area contributed by atoms with Gasteiger partial charge in [-0.3, -0.25) is 19.3 Å². The molecule has 14 heteroatoms. The Kier molecular flexibility index (Phi) is 6.56. The molecule has 2 aliphatic rings. The maximum Gasteiger partial charge on any atom is 0.415 e. The third kappa shape index (κ3) is 5.07. The Morgan fingerprint density at radius 1 is 1.19 bits per heavy atom. The number of rotatable bonds is 6. The van der Waals surface area contributed by atoms with Gasteiger partial charge in [-0.1, -0.05) is 6.08 Å². The molecule has 1 aromatic carbocycles. The lowest BCUT2D eigenvalue weighted by Gasteiger charge is -2.26. The van der Waals surface area contributed by atoms with Gasteiger partial charge in [0.2, 0.25) is 6.16 Å². The van der Waals surface area contributed by atoms with E-state index in [2.05, 4.69) is 0 Å². The molecule has 2 aliphatic heterocycles. The molecule has 5 N–H and O–H groups in total. The first kappa shape index (κ1) is 23.7. The first-order chi connectivity index (χ1) is 14.9. The van der Waals surface area contributed by atoms with E-state index in [-0.39, 0.29) is 42.9 Å². The number of Topliss-reactive ketones (excluding diaryl/α,β-unsaturated/α-hetero) is 1. The minimum atomic E-state index is -4.45. The van der Waals surface area contributed by atoms with Gasteiger partial charge < -0.3 is 15.4 Å². The molecule has 1 fully saturated rings. The number of anilines is 1. The Morgan fingerprint density at radius 2 is 1.81 bits per heavy atom. The smallest absolute Gasteiger partial charge is 0.415 e. The molecular weight excluding hydrogens is 455 g/mol. The van der Waals surface area contributed by atoms with Crippen LogP contribution in [0.1, 0.15) is 12.0 Å². The van der Waals surface area contributed by atoms with Crippen LogP contribution in [0, 0.1) is 11.6 Å². The molecule has 172 valence electrons. The number of hydrogen-bond donors (Lipinski definition) is 4. The highest BCUT2D eigenvalue weighted by Gasteiger charge is 2.39. The van der Waals surface area contributed by atoms with Crippen molar-refractivity contribution in [2.24, 2.45) is 5.73 Å². The average molecular weight is 474 g/mol. The van der Waals surface area contributed by atoms with E-state index in [4.69, 9.17) is 25.2 Å². The standard InChI is InChI=1S/C18H18F2N3O8P/c19-11-5-10(23-7-14(16(21)25)31-18(23)27)6-12(20)15(11)9-1-3-22(4-2-9)17(26)13(24)8-32(28,29)30/h1,5-6,14,28-30H,2-4,7-8H2,(H-,21,25)/p+1/t14-/m1/s1. The first-order valence-electron chi connectivity index (χ1n) is 9.21. The number of ketones is 1. The summed E-state index contributed by atoms with van der Waals surface area (Å²) >= 11 is 0. The van der Waals surface area contributed by atoms with Crippen molar-refractivity contribution in [2.45, 2.75) is 12.5 Å².